The van der Waals surface area contributed by atoms with Crippen LogP contribution < -0.4 is 5.32 Å². The van der Waals surface area contributed by atoms with E-state index in [-0.39, 0.29) is 11.9 Å². The predicted octanol–water partition coefficient (Wildman–Crippen LogP) is 5.00. The third-order valence-electron chi connectivity index (χ3n) is 5.11. The number of carbonyl (C=O) groups is 1. The number of anilines is 1. The summed E-state index contributed by atoms with van der Waals surface area (Å²) in [6, 6.07) is 13.6. The monoisotopic (exact) mass is 414 g/mol. The largest absolute Gasteiger partial charge is 0.307 e. The molecule has 0 bridgehead atoms. The molecule has 4 rings (SSSR count). The van der Waals surface area contributed by atoms with Gasteiger partial charge in [0.05, 0.1) is 22.8 Å². The average Bonchev–Trinajstić information content (AvgIpc) is 3.31. The number of piperidine rings is 1. The van der Waals surface area contributed by atoms with E-state index in [1.807, 2.05) is 34.2 Å². The van der Waals surface area contributed by atoms with Crippen LogP contribution in [0.15, 0.2) is 48.7 Å². The van der Waals surface area contributed by atoms with Crippen molar-refractivity contribution in [1.82, 2.24) is 14.7 Å². The van der Waals surface area contributed by atoms with Crippen molar-refractivity contribution in [2.75, 3.05) is 18.4 Å². The smallest absolute Gasteiger partial charge is 0.258 e. The van der Waals surface area contributed by atoms with Crippen LogP contribution in [0.2, 0.25) is 5.02 Å². The Morgan fingerprint density at radius 2 is 2.00 bits per heavy atom. The van der Waals surface area contributed by atoms with Gasteiger partial charge in [0, 0.05) is 35.5 Å². The molecular formula is C21H23ClN4OS. The fourth-order valence-electron chi connectivity index (χ4n) is 3.65. The summed E-state index contributed by atoms with van der Waals surface area (Å²) >= 11 is 8.01. The zero-order valence-corrected chi connectivity index (χ0v) is 17.3. The van der Waals surface area contributed by atoms with E-state index in [0.29, 0.717) is 10.6 Å². The number of likely N-dealkylation sites (tertiary alicyclic amines) is 1. The summed E-state index contributed by atoms with van der Waals surface area (Å²) in [5.74, 6) is 0.509. The van der Waals surface area contributed by atoms with Crippen LogP contribution in [0.4, 0.5) is 5.82 Å². The van der Waals surface area contributed by atoms with Crippen LogP contribution in [-0.4, -0.2) is 33.7 Å². The molecule has 1 fully saturated rings. The van der Waals surface area contributed by atoms with Gasteiger partial charge in [0.15, 0.2) is 0 Å². The molecule has 0 spiro atoms. The molecule has 3 heterocycles. The Morgan fingerprint density at radius 3 is 2.71 bits per heavy atom. The quantitative estimate of drug-likeness (QED) is 0.639. The number of amides is 1. The topological polar surface area (TPSA) is 50.2 Å². The zero-order valence-electron chi connectivity index (χ0n) is 15.8. The van der Waals surface area contributed by atoms with Crippen molar-refractivity contribution < 1.29 is 4.79 Å². The predicted molar refractivity (Wildman–Crippen MR) is 114 cm³/mol. The van der Waals surface area contributed by atoms with Crippen molar-refractivity contribution in [1.29, 1.82) is 0 Å². The van der Waals surface area contributed by atoms with Crippen LogP contribution >= 0.6 is 22.9 Å². The summed E-state index contributed by atoms with van der Waals surface area (Å²) in [6.07, 6.45) is 3.77. The number of aromatic nitrogens is 2. The number of aryl methyl sites for hydroxylation is 1. The highest BCUT2D eigenvalue weighted by atomic mass is 35.5. The summed E-state index contributed by atoms with van der Waals surface area (Å²) in [5.41, 5.74) is 0.470. The van der Waals surface area contributed by atoms with E-state index in [0.717, 1.165) is 38.3 Å². The maximum absolute atomic E-state index is 12.6. The lowest BCUT2D eigenvalue weighted by atomic mass is 10.1. The van der Waals surface area contributed by atoms with Crippen LogP contribution in [0, 0.1) is 6.92 Å². The molecular weight excluding hydrogens is 392 g/mol. The maximum Gasteiger partial charge on any atom is 0.258 e. The first-order chi connectivity index (χ1) is 13.6. The number of halogens is 1. The summed E-state index contributed by atoms with van der Waals surface area (Å²) in [6.45, 7) is 5.22. The molecule has 146 valence electrons. The minimum atomic E-state index is -0.210. The minimum Gasteiger partial charge on any atom is -0.307 e. The molecule has 0 atom stereocenters. The van der Waals surface area contributed by atoms with E-state index < -0.39 is 0 Å². The van der Waals surface area contributed by atoms with Gasteiger partial charge in [-0.05, 0) is 44.0 Å². The van der Waals surface area contributed by atoms with Crippen molar-refractivity contribution >= 4 is 34.7 Å². The number of hydrogen-bond donors (Lipinski definition) is 1. The summed E-state index contributed by atoms with van der Waals surface area (Å²) in [5, 5.41) is 7.89. The Bertz CT molecular complexity index is 959. The van der Waals surface area contributed by atoms with Gasteiger partial charge in [-0.2, -0.15) is 5.10 Å². The molecule has 2 aromatic heterocycles. The number of carbonyl (C=O) groups excluding carboxylic acids is 1. The molecule has 3 aromatic rings. The molecule has 1 aliphatic heterocycles. The van der Waals surface area contributed by atoms with Crippen molar-refractivity contribution in [2.45, 2.75) is 32.4 Å². The molecule has 1 aliphatic rings. The lowest BCUT2D eigenvalue weighted by Crippen LogP contribution is -2.34. The number of benzene rings is 1. The normalized spacial score (nSPS) is 15.6. The lowest BCUT2D eigenvalue weighted by molar-refractivity contribution is 0.102. The number of thiophene rings is 1. The van der Waals surface area contributed by atoms with E-state index in [2.05, 4.69) is 34.4 Å². The second-order valence-electron chi connectivity index (χ2n) is 7.11. The van der Waals surface area contributed by atoms with Gasteiger partial charge in [-0.3, -0.25) is 9.69 Å². The third-order valence-corrected chi connectivity index (χ3v) is 6.42. The van der Waals surface area contributed by atoms with Gasteiger partial charge in [-0.25, -0.2) is 4.68 Å². The Kier molecular flexibility index (Phi) is 5.80. The highest BCUT2D eigenvalue weighted by molar-refractivity contribution is 7.11. The molecule has 0 saturated carbocycles. The van der Waals surface area contributed by atoms with E-state index in [4.69, 9.17) is 11.6 Å². The molecule has 1 saturated heterocycles. The Balaban J connectivity index is 1.38. The number of nitrogens with zero attached hydrogens (tertiary/aromatic N) is 3. The maximum atomic E-state index is 12.6. The van der Waals surface area contributed by atoms with E-state index in [9.17, 15) is 4.79 Å². The van der Waals surface area contributed by atoms with Gasteiger partial charge in [-0.15, -0.1) is 11.3 Å². The summed E-state index contributed by atoms with van der Waals surface area (Å²) < 4.78 is 1.95. The number of hydrogen-bond acceptors (Lipinski definition) is 4. The first-order valence-corrected chi connectivity index (χ1v) is 10.7. The average molecular weight is 415 g/mol. The number of nitrogens with one attached hydrogen (secondary N) is 1. The molecule has 5 nitrogen and oxygen atoms in total. The fraction of sp³-hybridized carbons (Fsp3) is 0.333. The van der Waals surface area contributed by atoms with Gasteiger partial charge in [-0.1, -0.05) is 23.7 Å². The van der Waals surface area contributed by atoms with Crippen LogP contribution in [0.25, 0.3) is 0 Å². The standard InChI is InChI=1S/C21H23ClN4OS/c1-15-6-7-17(28-15)14-25-12-9-16(10-13-25)26-20(8-11-23-26)24-21(27)18-4-2-3-5-19(18)22/h2-8,11,16H,9-10,12-14H2,1H3,(H,24,27). The van der Waals surface area contributed by atoms with Crippen LogP contribution in [0.3, 0.4) is 0 Å². The van der Waals surface area contributed by atoms with Gasteiger partial charge in [0.2, 0.25) is 0 Å². The second kappa shape index (κ2) is 8.47. The highest BCUT2D eigenvalue weighted by Gasteiger charge is 2.24. The molecule has 1 amide bonds. The summed E-state index contributed by atoms with van der Waals surface area (Å²) in [7, 11) is 0. The first kappa shape index (κ1) is 19.2. The third kappa shape index (κ3) is 4.29. The van der Waals surface area contributed by atoms with E-state index in [1.54, 1.807) is 18.3 Å². The van der Waals surface area contributed by atoms with Crippen LogP contribution in [-0.2, 0) is 6.54 Å². The van der Waals surface area contributed by atoms with Gasteiger partial charge < -0.3 is 5.32 Å². The minimum absolute atomic E-state index is 0.210. The van der Waals surface area contributed by atoms with Crippen LogP contribution in [0.5, 0.6) is 0 Å². The first-order valence-electron chi connectivity index (χ1n) is 9.47. The Hall–Kier alpha value is -2.15. The van der Waals surface area contributed by atoms with E-state index in [1.165, 1.54) is 9.75 Å². The van der Waals surface area contributed by atoms with Gasteiger partial charge >= 0.3 is 0 Å². The second-order valence-corrected chi connectivity index (χ2v) is 8.89. The summed E-state index contributed by atoms with van der Waals surface area (Å²) in [4.78, 5) is 17.9. The Morgan fingerprint density at radius 1 is 1.21 bits per heavy atom. The SMILES string of the molecule is Cc1ccc(CN2CCC(n3nccc3NC(=O)c3ccccc3Cl)CC2)s1. The van der Waals surface area contributed by atoms with Crippen molar-refractivity contribution in [3.8, 4) is 0 Å². The van der Waals surface area contributed by atoms with Crippen molar-refractivity contribution in [2.24, 2.45) is 0 Å². The van der Waals surface area contributed by atoms with Crippen molar-refractivity contribution in [3.63, 3.8) is 0 Å². The van der Waals surface area contributed by atoms with Gasteiger partial charge in [0.25, 0.3) is 5.91 Å². The molecule has 0 aliphatic carbocycles. The molecule has 0 radical (unpaired) electrons. The number of rotatable bonds is 5. The Labute approximate surface area is 173 Å². The molecule has 1 N–H and O–H groups in total. The van der Waals surface area contributed by atoms with Crippen LogP contribution in [0.1, 0.15) is 39.0 Å². The lowest BCUT2D eigenvalue weighted by Gasteiger charge is -2.32. The molecule has 7 heteroatoms. The zero-order chi connectivity index (χ0) is 19.5. The highest BCUT2D eigenvalue weighted by Crippen LogP contribution is 2.28. The molecule has 0 unspecified atom stereocenters. The van der Waals surface area contributed by atoms with Crippen molar-refractivity contribution in [3.05, 3.63) is 69.0 Å². The fourth-order valence-corrected chi connectivity index (χ4v) is 4.80. The molecule has 1 aromatic carbocycles. The van der Waals surface area contributed by atoms with Gasteiger partial charge in [0.1, 0.15) is 5.82 Å². The molecule has 28 heavy (non-hydrogen) atoms. The van der Waals surface area contributed by atoms with E-state index >= 15 is 0 Å².